The summed E-state index contributed by atoms with van der Waals surface area (Å²) >= 11 is 0. The number of carbonyl (C=O) groups is 1. The number of benzene rings is 1. The van der Waals surface area contributed by atoms with Gasteiger partial charge in [-0.25, -0.2) is 0 Å². The Morgan fingerprint density at radius 2 is 1.68 bits per heavy atom. The average molecular weight is 386 g/mol. The third-order valence-electron chi connectivity index (χ3n) is 6.13. The first-order chi connectivity index (χ1) is 12.7. The van der Waals surface area contributed by atoms with Crippen LogP contribution in [-0.4, -0.2) is 22.2 Å². The van der Waals surface area contributed by atoms with Crippen molar-refractivity contribution in [3.05, 3.63) is 41.0 Å². The van der Waals surface area contributed by atoms with Gasteiger partial charge in [0.25, 0.3) is 0 Å². The predicted molar refractivity (Wildman–Crippen MR) is 113 cm³/mol. The van der Waals surface area contributed by atoms with Crippen LogP contribution in [0, 0.1) is 5.41 Å². The minimum Gasteiger partial charge on any atom is -0.385 e. The van der Waals surface area contributed by atoms with Crippen molar-refractivity contribution in [2.24, 2.45) is 11.1 Å². The van der Waals surface area contributed by atoms with Crippen LogP contribution in [0.1, 0.15) is 95.1 Å². The zero-order chi connectivity index (χ0) is 21.0. The Bertz CT molecular complexity index is 801. The highest BCUT2D eigenvalue weighted by molar-refractivity contribution is 5.98. The maximum Gasteiger partial charge on any atom is 0.249 e. The number of aliphatic hydroxyl groups is 1. The fourth-order valence-corrected chi connectivity index (χ4v) is 5.13. The van der Waals surface area contributed by atoms with Crippen LogP contribution < -0.4 is 5.73 Å². The first kappa shape index (κ1) is 21.1. The summed E-state index contributed by atoms with van der Waals surface area (Å²) in [5.41, 5.74) is 7.46. The van der Waals surface area contributed by atoms with Crippen LogP contribution in [0.15, 0.2) is 24.3 Å². The van der Waals surface area contributed by atoms with Crippen molar-refractivity contribution in [1.29, 1.82) is 0 Å². The zero-order valence-corrected chi connectivity index (χ0v) is 18.2. The maximum absolute atomic E-state index is 12.1. The lowest BCUT2D eigenvalue weighted by Gasteiger charge is -2.50. The maximum atomic E-state index is 12.1. The van der Waals surface area contributed by atoms with Gasteiger partial charge in [-0.3, -0.25) is 4.79 Å². The lowest BCUT2D eigenvalue weighted by molar-refractivity contribution is -0.223. The van der Waals surface area contributed by atoms with Gasteiger partial charge in [0, 0.05) is 18.4 Å². The van der Waals surface area contributed by atoms with Crippen LogP contribution in [0.4, 0.5) is 0 Å². The van der Waals surface area contributed by atoms with Crippen molar-refractivity contribution in [2.45, 2.75) is 90.4 Å². The molecule has 0 radical (unpaired) electrons. The van der Waals surface area contributed by atoms with E-state index in [2.05, 4.69) is 19.9 Å². The van der Waals surface area contributed by atoms with Crippen LogP contribution in [0.25, 0.3) is 5.57 Å². The second-order valence-corrected chi connectivity index (χ2v) is 10.7. The molecule has 0 unspecified atom stereocenters. The van der Waals surface area contributed by atoms with E-state index in [1.54, 1.807) is 6.07 Å². The molecular weight excluding hydrogens is 350 g/mol. The smallest absolute Gasteiger partial charge is 0.249 e. The first-order valence-electron chi connectivity index (χ1n) is 10.3. The van der Waals surface area contributed by atoms with Crippen molar-refractivity contribution in [3.63, 3.8) is 0 Å². The molecule has 2 aliphatic rings. The molecule has 1 aromatic rings. The molecule has 1 fully saturated rings. The molecule has 1 aliphatic heterocycles. The summed E-state index contributed by atoms with van der Waals surface area (Å²) in [6, 6.07) is 5.62. The summed E-state index contributed by atoms with van der Waals surface area (Å²) in [6.07, 6.45) is 6.20. The number of amides is 1. The molecule has 0 aromatic heterocycles. The van der Waals surface area contributed by atoms with Gasteiger partial charge in [0.15, 0.2) is 0 Å². The van der Waals surface area contributed by atoms with E-state index >= 15 is 0 Å². The summed E-state index contributed by atoms with van der Waals surface area (Å²) in [6.45, 7) is 12.6. The molecule has 154 valence electrons. The first-order valence-corrected chi connectivity index (χ1v) is 10.3. The molecule has 1 aliphatic carbocycles. The molecule has 28 heavy (non-hydrogen) atoms. The van der Waals surface area contributed by atoms with E-state index in [1.165, 1.54) is 0 Å². The van der Waals surface area contributed by atoms with E-state index in [-0.39, 0.29) is 5.41 Å². The fourth-order valence-electron chi connectivity index (χ4n) is 5.13. The number of carbonyl (C=O) groups excluding carboxylic acids is 1. The highest BCUT2D eigenvalue weighted by atomic mass is 16.5. The number of ether oxygens (including phenoxy) is 1. The highest BCUT2D eigenvalue weighted by Gasteiger charge is 2.48. The quantitative estimate of drug-likeness (QED) is 0.774. The molecule has 1 saturated heterocycles. The third-order valence-corrected chi connectivity index (χ3v) is 6.13. The van der Waals surface area contributed by atoms with Crippen LogP contribution in [0.5, 0.6) is 0 Å². The van der Waals surface area contributed by atoms with Crippen LogP contribution >= 0.6 is 0 Å². The third kappa shape index (κ3) is 4.33. The minimum absolute atomic E-state index is 0.279. The Labute approximate surface area is 169 Å². The molecule has 0 saturated carbocycles. The molecule has 0 atom stereocenters. The van der Waals surface area contributed by atoms with Gasteiger partial charge in [-0.1, -0.05) is 26.0 Å². The molecule has 0 spiro atoms. The summed E-state index contributed by atoms with van der Waals surface area (Å²) in [5, 5.41) is 11.6. The number of hydrogen-bond donors (Lipinski definition) is 2. The number of primary amides is 1. The fraction of sp³-hybridized carbons (Fsp3) is 0.625. The molecule has 0 bridgehead atoms. The predicted octanol–water partition coefficient (Wildman–Crippen LogP) is 4.93. The molecule has 1 aromatic carbocycles. The molecule has 1 amide bonds. The van der Waals surface area contributed by atoms with Crippen molar-refractivity contribution in [1.82, 2.24) is 0 Å². The number of allylic oxidation sites excluding steroid dienone is 2. The second-order valence-electron chi connectivity index (χ2n) is 10.7. The van der Waals surface area contributed by atoms with E-state index in [4.69, 9.17) is 10.5 Å². The molecule has 4 heteroatoms. The largest absolute Gasteiger partial charge is 0.385 e. The van der Waals surface area contributed by atoms with Crippen molar-refractivity contribution in [3.8, 4) is 0 Å². The Morgan fingerprint density at radius 1 is 1.07 bits per heavy atom. The molecule has 3 N–H and O–H groups in total. The number of nitrogens with two attached hydrogens (primary N) is 1. The number of rotatable bonds is 3. The van der Waals surface area contributed by atoms with Gasteiger partial charge in [0.05, 0.1) is 16.8 Å². The lowest BCUT2D eigenvalue weighted by Crippen LogP contribution is -2.52. The second kappa shape index (κ2) is 6.70. The van der Waals surface area contributed by atoms with Crippen LogP contribution in [-0.2, 0) is 10.3 Å². The van der Waals surface area contributed by atoms with Gasteiger partial charge in [-0.15, -0.1) is 0 Å². The summed E-state index contributed by atoms with van der Waals surface area (Å²) < 4.78 is 6.16. The number of hydrogen-bond acceptors (Lipinski definition) is 3. The lowest BCUT2D eigenvalue weighted by atomic mass is 9.72. The molecular formula is C24H35NO3. The van der Waals surface area contributed by atoms with Crippen molar-refractivity contribution in [2.75, 3.05) is 0 Å². The SMILES string of the molecule is CC1(C)CC=C(c2cc(C3(O)CC(C)(C)OC(C)(C)C3)ccc2C(N)=O)CC1. The van der Waals surface area contributed by atoms with Crippen molar-refractivity contribution < 1.29 is 14.6 Å². The van der Waals surface area contributed by atoms with Gasteiger partial charge in [-0.05, 0) is 81.2 Å². The van der Waals surface area contributed by atoms with Gasteiger partial charge >= 0.3 is 0 Å². The van der Waals surface area contributed by atoms with Crippen LogP contribution in [0.3, 0.4) is 0 Å². The molecule has 1 heterocycles. The van der Waals surface area contributed by atoms with E-state index in [0.717, 1.165) is 36.0 Å². The normalized spacial score (nSPS) is 25.0. The Morgan fingerprint density at radius 3 is 2.18 bits per heavy atom. The Balaban J connectivity index is 2.07. The van der Waals surface area contributed by atoms with E-state index in [1.807, 2.05) is 39.8 Å². The van der Waals surface area contributed by atoms with E-state index in [9.17, 15) is 9.90 Å². The zero-order valence-electron chi connectivity index (χ0n) is 18.2. The monoisotopic (exact) mass is 385 g/mol. The van der Waals surface area contributed by atoms with Gasteiger partial charge in [0.2, 0.25) is 5.91 Å². The standard InChI is InChI=1S/C24H35NO3/c1-21(2)11-9-16(10-12-21)19-13-17(7-8-18(19)20(25)26)24(27)14-22(3,4)28-23(5,6)15-24/h7-9,13,27H,10-12,14-15H2,1-6H3,(H2,25,26). The molecule has 4 nitrogen and oxygen atoms in total. The minimum atomic E-state index is -1.01. The summed E-state index contributed by atoms with van der Waals surface area (Å²) in [7, 11) is 0. The van der Waals surface area contributed by atoms with E-state index < -0.39 is 22.7 Å². The van der Waals surface area contributed by atoms with Gasteiger partial charge in [0.1, 0.15) is 0 Å². The Hall–Kier alpha value is -1.65. The average Bonchev–Trinajstić information content (AvgIpc) is 2.50. The summed E-state index contributed by atoms with van der Waals surface area (Å²) in [4.78, 5) is 12.1. The van der Waals surface area contributed by atoms with E-state index in [0.29, 0.717) is 18.4 Å². The van der Waals surface area contributed by atoms with Gasteiger partial charge < -0.3 is 15.6 Å². The van der Waals surface area contributed by atoms with Crippen molar-refractivity contribution >= 4 is 11.5 Å². The highest BCUT2D eigenvalue weighted by Crippen LogP contribution is 2.47. The Kier molecular flexibility index (Phi) is 5.04. The van der Waals surface area contributed by atoms with Crippen LogP contribution in [0.2, 0.25) is 0 Å². The van der Waals surface area contributed by atoms with Gasteiger partial charge in [-0.2, -0.15) is 0 Å². The molecule has 3 rings (SSSR count). The topological polar surface area (TPSA) is 72.6 Å². The summed E-state index contributed by atoms with van der Waals surface area (Å²) in [5.74, 6) is -0.424.